The van der Waals surface area contributed by atoms with Crippen molar-refractivity contribution in [1.29, 1.82) is 0 Å². The van der Waals surface area contributed by atoms with E-state index in [9.17, 15) is 18.3 Å². The first-order valence-corrected chi connectivity index (χ1v) is 6.06. The van der Waals surface area contributed by atoms with Gasteiger partial charge in [0.2, 0.25) is 0 Å². The maximum absolute atomic E-state index is 12.5. The van der Waals surface area contributed by atoms with Crippen LogP contribution < -0.4 is 4.90 Å². The maximum atomic E-state index is 12.5. The molecule has 1 aliphatic heterocycles. The van der Waals surface area contributed by atoms with Gasteiger partial charge in [-0.3, -0.25) is 0 Å². The highest BCUT2D eigenvalue weighted by Gasteiger charge is 2.32. The smallest absolute Gasteiger partial charge is 0.394 e. The van der Waals surface area contributed by atoms with Crippen LogP contribution in [-0.2, 0) is 6.18 Å². The van der Waals surface area contributed by atoms with Gasteiger partial charge < -0.3 is 10.0 Å². The quantitative estimate of drug-likeness (QED) is 0.852. The van der Waals surface area contributed by atoms with E-state index in [4.69, 9.17) is 11.6 Å². The van der Waals surface area contributed by atoms with Crippen molar-refractivity contribution in [2.24, 2.45) is 0 Å². The molecule has 0 fully saturated rings. The molecule has 2 rings (SSSR count). The summed E-state index contributed by atoms with van der Waals surface area (Å²) in [6.45, 7) is 0.354. The minimum atomic E-state index is -4.46. The van der Waals surface area contributed by atoms with Gasteiger partial charge in [0.1, 0.15) is 5.82 Å². The lowest BCUT2D eigenvalue weighted by Crippen LogP contribution is -2.40. The Hall–Kier alpha value is -1.27. The van der Waals surface area contributed by atoms with Gasteiger partial charge in [-0.15, -0.1) is 0 Å². The third kappa shape index (κ3) is 3.01. The number of halogens is 4. The largest absolute Gasteiger partial charge is 0.417 e. The highest BCUT2D eigenvalue weighted by Crippen LogP contribution is 2.34. The van der Waals surface area contributed by atoms with Crippen LogP contribution in [0.1, 0.15) is 12.0 Å². The fourth-order valence-corrected chi connectivity index (χ4v) is 2.22. The molecule has 104 valence electrons. The van der Waals surface area contributed by atoms with E-state index in [0.29, 0.717) is 13.0 Å². The van der Waals surface area contributed by atoms with Crippen LogP contribution >= 0.6 is 11.6 Å². The summed E-state index contributed by atoms with van der Waals surface area (Å²) in [5.41, 5.74) is -0.880. The van der Waals surface area contributed by atoms with Crippen molar-refractivity contribution in [3.8, 4) is 0 Å². The molecular formula is C12H12ClF3N2O. The van der Waals surface area contributed by atoms with Gasteiger partial charge in [0.15, 0.2) is 0 Å². The van der Waals surface area contributed by atoms with Crippen molar-refractivity contribution in [2.75, 3.05) is 18.1 Å². The van der Waals surface area contributed by atoms with E-state index in [2.05, 4.69) is 4.98 Å². The number of aliphatic hydroxyl groups is 1. The lowest BCUT2D eigenvalue weighted by Gasteiger charge is -2.33. The number of alkyl halides is 3. The van der Waals surface area contributed by atoms with Gasteiger partial charge in [-0.2, -0.15) is 13.2 Å². The Morgan fingerprint density at radius 3 is 2.74 bits per heavy atom. The second-order valence-corrected chi connectivity index (χ2v) is 4.63. The van der Waals surface area contributed by atoms with Gasteiger partial charge in [0.25, 0.3) is 0 Å². The summed E-state index contributed by atoms with van der Waals surface area (Å²) in [4.78, 5) is 5.49. The van der Waals surface area contributed by atoms with Crippen molar-refractivity contribution in [1.82, 2.24) is 4.98 Å². The van der Waals surface area contributed by atoms with Gasteiger partial charge in [-0.1, -0.05) is 23.8 Å². The molecule has 0 saturated carbocycles. The van der Waals surface area contributed by atoms with Crippen LogP contribution in [-0.4, -0.2) is 29.3 Å². The van der Waals surface area contributed by atoms with Gasteiger partial charge >= 0.3 is 6.18 Å². The summed E-state index contributed by atoms with van der Waals surface area (Å²) in [5, 5.41) is 9.20. The first-order chi connectivity index (χ1) is 8.93. The molecule has 0 spiro atoms. The third-order valence-electron chi connectivity index (χ3n) is 2.95. The third-order valence-corrected chi connectivity index (χ3v) is 3.23. The highest BCUT2D eigenvalue weighted by atomic mass is 35.5. The van der Waals surface area contributed by atoms with Crippen molar-refractivity contribution < 1.29 is 18.3 Å². The van der Waals surface area contributed by atoms with Crippen molar-refractivity contribution in [3.05, 3.63) is 35.0 Å². The molecule has 0 aromatic carbocycles. The number of aromatic nitrogens is 1. The molecule has 0 radical (unpaired) electrons. The molecule has 1 aromatic heterocycles. The molecule has 1 unspecified atom stereocenters. The van der Waals surface area contributed by atoms with Crippen LogP contribution in [0, 0.1) is 0 Å². The number of pyridine rings is 1. The summed E-state index contributed by atoms with van der Waals surface area (Å²) in [6, 6.07) is 0.642. The molecule has 0 amide bonds. The molecule has 19 heavy (non-hydrogen) atoms. The summed E-state index contributed by atoms with van der Waals surface area (Å²) < 4.78 is 37.6. The Balaban J connectivity index is 2.33. The molecule has 1 aromatic rings. The Morgan fingerprint density at radius 2 is 2.16 bits per heavy atom. The molecular weight excluding hydrogens is 281 g/mol. The van der Waals surface area contributed by atoms with Crippen LogP contribution in [0.4, 0.5) is 19.0 Å². The first-order valence-electron chi connectivity index (χ1n) is 5.68. The molecule has 7 heteroatoms. The first kappa shape index (κ1) is 14.1. The van der Waals surface area contributed by atoms with Gasteiger partial charge in [-0.05, 0) is 12.5 Å². The Labute approximate surface area is 113 Å². The Kier molecular flexibility index (Phi) is 4.01. The fraction of sp³-hybridized carbons (Fsp3) is 0.417. The number of hydrogen-bond donors (Lipinski definition) is 1. The van der Waals surface area contributed by atoms with E-state index in [1.54, 1.807) is 4.90 Å². The van der Waals surface area contributed by atoms with Crippen LogP contribution in [0.15, 0.2) is 24.4 Å². The van der Waals surface area contributed by atoms with Gasteiger partial charge in [-0.25, -0.2) is 4.98 Å². The Morgan fingerprint density at radius 1 is 1.42 bits per heavy atom. The van der Waals surface area contributed by atoms with Crippen LogP contribution in [0.5, 0.6) is 0 Å². The predicted molar refractivity (Wildman–Crippen MR) is 66.2 cm³/mol. The maximum Gasteiger partial charge on any atom is 0.417 e. The fourth-order valence-electron chi connectivity index (χ4n) is 1.95. The van der Waals surface area contributed by atoms with E-state index in [1.807, 2.05) is 12.2 Å². The number of aliphatic hydroxyl groups excluding tert-OH is 1. The molecule has 0 bridgehead atoms. The lowest BCUT2D eigenvalue weighted by atomic mass is 10.1. The average molecular weight is 293 g/mol. The minimum absolute atomic E-state index is 0.0661. The van der Waals surface area contributed by atoms with Gasteiger partial charge in [0, 0.05) is 12.7 Å². The summed E-state index contributed by atoms with van der Waals surface area (Å²) in [5.74, 6) is 0.262. The van der Waals surface area contributed by atoms with E-state index in [0.717, 1.165) is 12.3 Å². The van der Waals surface area contributed by atoms with Crippen molar-refractivity contribution in [2.45, 2.75) is 18.6 Å². The van der Waals surface area contributed by atoms with Crippen molar-refractivity contribution >= 4 is 17.4 Å². The number of anilines is 1. The van der Waals surface area contributed by atoms with Crippen LogP contribution in [0.25, 0.3) is 0 Å². The van der Waals surface area contributed by atoms with E-state index in [-0.39, 0.29) is 23.5 Å². The molecule has 0 aliphatic carbocycles. The zero-order valence-electron chi connectivity index (χ0n) is 9.86. The molecule has 0 saturated heterocycles. The molecule has 2 heterocycles. The summed E-state index contributed by atoms with van der Waals surface area (Å²) >= 11 is 5.88. The second kappa shape index (κ2) is 5.38. The SMILES string of the molecule is OCC1CC=CCN1c1ncc(C(F)(F)F)cc1Cl. The lowest BCUT2D eigenvalue weighted by molar-refractivity contribution is -0.137. The standard InChI is InChI=1S/C12H12ClF3N2O/c13-10-5-8(12(14,15)16)6-17-11(10)18-4-2-1-3-9(18)7-19/h1-2,5-6,9,19H,3-4,7H2. The normalized spacial score (nSPS) is 19.8. The molecule has 1 atom stereocenters. The molecule has 1 N–H and O–H groups in total. The summed E-state index contributed by atoms with van der Waals surface area (Å²) in [6.07, 6.45) is 0.675. The Bertz CT molecular complexity index is 490. The number of hydrogen-bond acceptors (Lipinski definition) is 3. The van der Waals surface area contributed by atoms with E-state index < -0.39 is 11.7 Å². The number of nitrogens with zero attached hydrogens (tertiary/aromatic N) is 2. The number of rotatable bonds is 2. The predicted octanol–water partition coefficient (Wildman–Crippen LogP) is 2.88. The van der Waals surface area contributed by atoms with Crippen LogP contribution in [0.3, 0.4) is 0 Å². The zero-order valence-corrected chi connectivity index (χ0v) is 10.6. The molecule has 1 aliphatic rings. The minimum Gasteiger partial charge on any atom is -0.394 e. The van der Waals surface area contributed by atoms with E-state index >= 15 is 0 Å². The molecule has 3 nitrogen and oxygen atoms in total. The summed E-state index contributed by atoms with van der Waals surface area (Å²) in [7, 11) is 0. The van der Waals surface area contributed by atoms with Crippen molar-refractivity contribution in [3.63, 3.8) is 0 Å². The monoisotopic (exact) mass is 292 g/mol. The topological polar surface area (TPSA) is 36.4 Å². The van der Waals surface area contributed by atoms with Gasteiger partial charge in [0.05, 0.1) is 23.2 Å². The second-order valence-electron chi connectivity index (χ2n) is 4.22. The average Bonchev–Trinajstić information content (AvgIpc) is 2.37. The zero-order chi connectivity index (χ0) is 14.0. The highest BCUT2D eigenvalue weighted by molar-refractivity contribution is 6.33. The van der Waals surface area contributed by atoms with E-state index in [1.165, 1.54) is 0 Å². The van der Waals surface area contributed by atoms with Crippen LogP contribution in [0.2, 0.25) is 5.02 Å².